The van der Waals surface area contributed by atoms with Crippen molar-refractivity contribution in [1.82, 2.24) is 4.90 Å². The molecule has 0 bridgehead atoms. The van der Waals surface area contributed by atoms with Crippen molar-refractivity contribution in [2.24, 2.45) is 0 Å². The van der Waals surface area contributed by atoms with Gasteiger partial charge in [0.05, 0.1) is 0 Å². The first-order valence-electron chi connectivity index (χ1n) is 8.65. The molecule has 0 atom stereocenters. The lowest BCUT2D eigenvalue weighted by Gasteiger charge is -2.19. The molecule has 0 N–H and O–H groups in total. The van der Waals surface area contributed by atoms with Crippen LogP contribution < -0.4 is 4.90 Å². The molecule has 1 heterocycles. The highest BCUT2D eigenvalue weighted by Gasteiger charge is 2.30. The maximum absolute atomic E-state index is 11.5. The molecule has 125 valence electrons. The number of carbonyl (C=O) groups excluding carboxylic acids is 1. The van der Waals surface area contributed by atoms with E-state index in [1.54, 1.807) is 12.2 Å². The second kappa shape index (κ2) is 6.95. The van der Waals surface area contributed by atoms with Gasteiger partial charge in [-0.2, -0.15) is 0 Å². The van der Waals surface area contributed by atoms with Gasteiger partial charge in [0.25, 0.3) is 0 Å². The van der Waals surface area contributed by atoms with Crippen LogP contribution in [0.4, 0.5) is 0 Å². The van der Waals surface area contributed by atoms with Gasteiger partial charge in [0.1, 0.15) is 7.05 Å². The maximum atomic E-state index is 11.5. The molecule has 0 saturated heterocycles. The summed E-state index contributed by atoms with van der Waals surface area (Å²) in [5.41, 5.74) is 6.73. The summed E-state index contributed by atoms with van der Waals surface area (Å²) in [6.07, 6.45) is 11.4. The summed E-state index contributed by atoms with van der Waals surface area (Å²) in [5, 5.41) is 0. The van der Waals surface area contributed by atoms with E-state index in [-0.39, 0.29) is 5.78 Å². The van der Waals surface area contributed by atoms with Gasteiger partial charge in [0.15, 0.2) is 17.2 Å². The Labute approximate surface area is 153 Å². The predicted molar refractivity (Wildman–Crippen MR) is 107 cm³/mol. The summed E-state index contributed by atoms with van der Waals surface area (Å²) < 4.78 is 0. The SMILES string of the molecule is C[N+]1C(c2ccccc2)=CC(c2ccccc2)=CC1=C1C=CC(=O)C=C1. The molecule has 4 rings (SSSR count). The summed E-state index contributed by atoms with van der Waals surface area (Å²) in [6.45, 7) is 0. The quantitative estimate of drug-likeness (QED) is 0.719. The van der Waals surface area contributed by atoms with Crippen molar-refractivity contribution in [1.29, 1.82) is 0 Å². The molecule has 0 unspecified atom stereocenters. The van der Waals surface area contributed by atoms with Gasteiger partial charge in [0.2, 0.25) is 0 Å². The van der Waals surface area contributed by atoms with E-state index in [1.807, 2.05) is 24.3 Å². The van der Waals surface area contributed by atoms with Gasteiger partial charge in [-0.05, 0) is 47.6 Å². The van der Waals surface area contributed by atoms with Crippen LogP contribution in [0, 0.1) is 0 Å². The molecular weight excluding hydrogens is 318 g/mol. The summed E-state index contributed by atoms with van der Waals surface area (Å²) in [6, 6.07) is 20.7. The van der Waals surface area contributed by atoms with Gasteiger partial charge in [-0.3, -0.25) is 4.79 Å². The van der Waals surface area contributed by atoms with Crippen molar-refractivity contribution in [3.8, 4) is 0 Å². The number of benzene rings is 2. The Hall–Kier alpha value is -3.23. The first-order chi connectivity index (χ1) is 12.7. The van der Waals surface area contributed by atoms with Crippen LogP contribution in [0.15, 0.2) is 108 Å². The molecule has 2 aromatic carbocycles. The minimum atomic E-state index is 0.0268. The van der Waals surface area contributed by atoms with Crippen LogP contribution >= 0.6 is 0 Å². The minimum Gasteiger partial charge on any atom is -0.290 e. The predicted octanol–water partition coefficient (Wildman–Crippen LogP) is 4.84. The molecule has 2 aromatic rings. The zero-order chi connectivity index (χ0) is 17.9. The van der Waals surface area contributed by atoms with Crippen LogP contribution in [0.3, 0.4) is 0 Å². The second-order valence-corrected chi connectivity index (χ2v) is 6.33. The number of nitrogens with zero attached hydrogens (tertiary/aromatic N) is 1. The third-order valence-electron chi connectivity index (χ3n) is 4.63. The Bertz CT molecular complexity index is 971. The van der Waals surface area contributed by atoms with Gasteiger partial charge >= 0.3 is 0 Å². The van der Waals surface area contributed by atoms with E-state index in [0.717, 1.165) is 28.1 Å². The number of rotatable bonds is 2. The molecule has 2 heteroatoms. The first-order valence-corrected chi connectivity index (χ1v) is 8.65. The number of hydrogen-bond donors (Lipinski definition) is 0. The molecule has 0 aromatic heterocycles. The van der Waals surface area contributed by atoms with E-state index >= 15 is 0 Å². The summed E-state index contributed by atoms with van der Waals surface area (Å²) >= 11 is 0. The fourth-order valence-corrected chi connectivity index (χ4v) is 3.25. The third-order valence-corrected chi connectivity index (χ3v) is 4.63. The number of hydrogen-bond acceptors (Lipinski definition) is 2. The molecule has 0 amide bonds. The highest BCUT2D eigenvalue weighted by atomic mass is 16.1. The molecule has 0 spiro atoms. The second-order valence-electron chi connectivity index (χ2n) is 6.33. The summed E-state index contributed by atoms with van der Waals surface area (Å²) in [4.78, 5) is 13.7. The standard InChI is InChI=1S/C24H19NO/c1-25-23(19-10-6-3-7-11-19)16-21(18-8-4-2-5-9-18)17-24(25)20-12-14-22(26)15-13-20/h2-17H,1H3/q+1. The Kier molecular flexibility index (Phi) is 4.34. The van der Waals surface area contributed by atoms with Crippen LogP contribution in [-0.4, -0.2) is 12.8 Å². The van der Waals surface area contributed by atoms with Gasteiger partial charge in [-0.25, -0.2) is 0 Å². The largest absolute Gasteiger partial charge is 0.290 e. The molecule has 1 aliphatic carbocycles. The normalized spacial score (nSPS) is 17.3. The average molecular weight is 337 g/mol. The van der Waals surface area contributed by atoms with Crippen LogP contribution in [0.1, 0.15) is 11.1 Å². The van der Waals surface area contributed by atoms with Crippen LogP contribution in [0.25, 0.3) is 11.3 Å². The fraction of sp³-hybridized carbons (Fsp3) is 0.0417. The lowest BCUT2D eigenvalue weighted by atomic mass is 9.94. The molecule has 26 heavy (non-hydrogen) atoms. The highest BCUT2D eigenvalue weighted by Crippen LogP contribution is 2.33. The smallest absolute Gasteiger partial charge is 0.194 e. The average Bonchev–Trinajstić information content (AvgIpc) is 2.70. The van der Waals surface area contributed by atoms with Gasteiger partial charge < -0.3 is 0 Å². The Morgan fingerprint density at radius 3 is 1.88 bits per heavy atom. The molecule has 0 saturated carbocycles. The van der Waals surface area contributed by atoms with E-state index in [4.69, 9.17) is 0 Å². The number of carbonyl (C=O) groups is 1. The first kappa shape index (κ1) is 16.2. The van der Waals surface area contributed by atoms with E-state index < -0.39 is 0 Å². The molecule has 1 radical (unpaired) electrons. The van der Waals surface area contributed by atoms with Gasteiger partial charge in [-0.15, -0.1) is 0 Å². The van der Waals surface area contributed by atoms with Crippen molar-refractivity contribution in [2.45, 2.75) is 0 Å². The summed E-state index contributed by atoms with van der Waals surface area (Å²) in [7, 11) is 2.07. The third kappa shape index (κ3) is 3.15. The van der Waals surface area contributed by atoms with Crippen LogP contribution in [0.2, 0.25) is 0 Å². The van der Waals surface area contributed by atoms with E-state index in [9.17, 15) is 4.79 Å². The van der Waals surface area contributed by atoms with Crippen molar-refractivity contribution in [3.05, 3.63) is 120 Å². The Balaban J connectivity index is 1.89. The molecule has 1 aliphatic heterocycles. The molecular formula is C24H19NO+. The lowest BCUT2D eigenvalue weighted by Crippen LogP contribution is -2.25. The van der Waals surface area contributed by atoms with E-state index in [0.29, 0.717) is 0 Å². The monoisotopic (exact) mass is 337 g/mol. The summed E-state index contributed by atoms with van der Waals surface area (Å²) in [5.74, 6) is 0.0268. The zero-order valence-electron chi connectivity index (χ0n) is 14.6. The topological polar surface area (TPSA) is 23.0 Å². The fourth-order valence-electron chi connectivity index (χ4n) is 3.25. The number of likely N-dealkylation sites (N-methyl/N-ethyl adjacent to an activating group) is 1. The number of allylic oxidation sites excluding steroid dienone is 8. The van der Waals surface area contributed by atoms with E-state index in [2.05, 4.69) is 72.6 Å². The van der Waals surface area contributed by atoms with Crippen molar-refractivity contribution in [2.75, 3.05) is 7.05 Å². The van der Waals surface area contributed by atoms with Gasteiger partial charge in [-0.1, -0.05) is 53.4 Å². The maximum Gasteiger partial charge on any atom is 0.194 e. The Morgan fingerprint density at radius 1 is 0.692 bits per heavy atom. The lowest BCUT2D eigenvalue weighted by molar-refractivity contribution is -0.110. The van der Waals surface area contributed by atoms with Gasteiger partial charge in [0, 0.05) is 23.3 Å². The highest BCUT2D eigenvalue weighted by molar-refractivity contribution is 6.01. The minimum absolute atomic E-state index is 0.0268. The van der Waals surface area contributed by atoms with Crippen molar-refractivity contribution in [3.63, 3.8) is 0 Å². The Morgan fingerprint density at radius 2 is 1.27 bits per heavy atom. The van der Waals surface area contributed by atoms with E-state index in [1.165, 1.54) is 5.56 Å². The molecule has 0 fully saturated rings. The molecule has 2 aliphatic rings. The number of ketones is 1. The van der Waals surface area contributed by atoms with Crippen LogP contribution in [0.5, 0.6) is 0 Å². The van der Waals surface area contributed by atoms with Crippen LogP contribution in [-0.2, 0) is 4.79 Å². The zero-order valence-corrected chi connectivity index (χ0v) is 14.6. The van der Waals surface area contributed by atoms with Crippen molar-refractivity contribution >= 4 is 17.1 Å². The molecule has 2 nitrogen and oxygen atoms in total. The van der Waals surface area contributed by atoms with Crippen molar-refractivity contribution < 1.29 is 4.79 Å².